The normalized spacial score (nSPS) is 10.5. The van der Waals surface area contributed by atoms with E-state index in [9.17, 15) is 4.79 Å². The van der Waals surface area contributed by atoms with Crippen LogP contribution in [0.25, 0.3) is 0 Å². The zero-order valence-corrected chi connectivity index (χ0v) is 16.0. The lowest BCUT2D eigenvalue weighted by Gasteiger charge is -2.10. The van der Waals surface area contributed by atoms with Gasteiger partial charge in [0.15, 0.2) is 0 Å². The van der Waals surface area contributed by atoms with Crippen LogP contribution in [0.3, 0.4) is 0 Å². The minimum absolute atomic E-state index is 0.265. The molecule has 0 saturated carbocycles. The molecule has 1 N–H and O–H groups in total. The van der Waals surface area contributed by atoms with E-state index in [2.05, 4.69) is 10.5 Å². The average Bonchev–Trinajstić information content (AvgIpc) is 2.98. The summed E-state index contributed by atoms with van der Waals surface area (Å²) in [6, 6.07) is 12.0. The summed E-state index contributed by atoms with van der Waals surface area (Å²) in [6.45, 7) is 4.02. The topological polar surface area (TPSA) is 73.6 Å². The number of benzene rings is 2. The maximum Gasteiger partial charge on any atom is 0.255 e. The number of rotatable bonds is 6. The van der Waals surface area contributed by atoms with Crippen LogP contribution < -0.4 is 14.8 Å². The van der Waals surface area contributed by atoms with Crippen molar-refractivity contribution in [2.24, 2.45) is 0 Å². The van der Waals surface area contributed by atoms with Crippen LogP contribution in [0.5, 0.6) is 11.5 Å². The predicted octanol–water partition coefficient (Wildman–Crippen LogP) is 4.78. The summed E-state index contributed by atoms with van der Waals surface area (Å²) in [7, 11) is 1.54. The number of amides is 1. The highest BCUT2D eigenvalue weighted by Gasteiger charge is 2.12. The molecule has 0 radical (unpaired) electrons. The molecule has 6 nitrogen and oxygen atoms in total. The lowest BCUT2D eigenvalue weighted by molar-refractivity contribution is 0.102. The van der Waals surface area contributed by atoms with Gasteiger partial charge in [-0.1, -0.05) is 22.8 Å². The number of halogens is 1. The largest absolute Gasteiger partial charge is 0.495 e. The van der Waals surface area contributed by atoms with E-state index in [-0.39, 0.29) is 5.91 Å². The molecule has 0 bridgehead atoms. The number of aromatic nitrogens is 1. The third-order valence-corrected chi connectivity index (χ3v) is 4.37. The summed E-state index contributed by atoms with van der Waals surface area (Å²) in [5, 5.41) is 7.13. The van der Waals surface area contributed by atoms with Crippen molar-refractivity contribution in [3.05, 3.63) is 70.1 Å². The molecule has 3 rings (SSSR count). The molecule has 0 aliphatic carbocycles. The highest BCUT2D eigenvalue weighted by atomic mass is 35.5. The number of nitrogens with zero attached hydrogens (tertiary/aromatic N) is 1. The number of hydrogen-bond donors (Lipinski definition) is 1. The van der Waals surface area contributed by atoms with Gasteiger partial charge in [-0.15, -0.1) is 0 Å². The van der Waals surface area contributed by atoms with E-state index in [0.717, 1.165) is 17.0 Å². The van der Waals surface area contributed by atoms with Gasteiger partial charge < -0.3 is 19.3 Å². The Morgan fingerprint density at radius 3 is 2.70 bits per heavy atom. The summed E-state index contributed by atoms with van der Waals surface area (Å²) >= 11 is 6.09. The third-order valence-electron chi connectivity index (χ3n) is 4.07. The molecule has 7 heteroatoms. The van der Waals surface area contributed by atoms with Gasteiger partial charge in [-0.3, -0.25) is 4.79 Å². The zero-order valence-electron chi connectivity index (χ0n) is 15.2. The molecule has 0 aliphatic heterocycles. The second kappa shape index (κ2) is 8.14. The Bertz CT molecular complexity index is 949. The fourth-order valence-corrected chi connectivity index (χ4v) is 2.80. The van der Waals surface area contributed by atoms with Gasteiger partial charge in [-0.2, -0.15) is 0 Å². The number of anilines is 1. The van der Waals surface area contributed by atoms with Gasteiger partial charge >= 0.3 is 0 Å². The fourth-order valence-electron chi connectivity index (χ4n) is 2.54. The van der Waals surface area contributed by atoms with Gasteiger partial charge in [0.1, 0.15) is 23.9 Å². The fraction of sp³-hybridized carbons (Fsp3) is 0.200. The molecule has 0 spiro atoms. The van der Waals surface area contributed by atoms with E-state index in [1.165, 1.54) is 7.11 Å². The molecule has 27 heavy (non-hydrogen) atoms. The van der Waals surface area contributed by atoms with Gasteiger partial charge in [0.05, 0.1) is 23.4 Å². The van der Waals surface area contributed by atoms with Gasteiger partial charge in [-0.05, 0) is 50.2 Å². The van der Waals surface area contributed by atoms with Crippen molar-refractivity contribution in [2.45, 2.75) is 20.5 Å². The van der Waals surface area contributed by atoms with Crippen LogP contribution in [-0.4, -0.2) is 18.2 Å². The summed E-state index contributed by atoms with van der Waals surface area (Å²) in [6.07, 6.45) is 0. The first kappa shape index (κ1) is 18.8. The number of carbonyl (C=O) groups is 1. The molecule has 1 heterocycles. The maximum absolute atomic E-state index is 12.5. The van der Waals surface area contributed by atoms with Crippen molar-refractivity contribution >= 4 is 23.2 Å². The van der Waals surface area contributed by atoms with Crippen molar-refractivity contribution in [1.82, 2.24) is 5.16 Å². The van der Waals surface area contributed by atoms with Crippen LogP contribution in [0.2, 0.25) is 5.02 Å². The molecule has 0 fully saturated rings. The lowest BCUT2D eigenvalue weighted by Crippen LogP contribution is -2.12. The van der Waals surface area contributed by atoms with E-state index in [4.69, 9.17) is 25.6 Å². The van der Waals surface area contributed by atoms with E-state index < -0.39 is 0 Å². The molecule has 0 aliphatic rings. The van der Waals surface area contributed by atoms with Crippen LogP contribution in [-0.2, 0) is 6.61 Å². The van der Waals surface area contributed by atoms with Crippen molar-refractivity contribution in [3.63, 3.8) is 0 Å². The summed E-state index contributed by atoms with van der Waals surface area (Å²) < 4.78 is 16.0. The molecule has 1 amide bonds. The van der Waals surface area contributed by atoms with Crippen molar-refractivity contribution in [1.29, 1.82) is 0 Å². The first-order valence-corrected chi connectivity index (χ1v) is 8.65. The standard InChI is InChI=1S/C20H19ClN2O4/c1-12-17(13(2)27-23-12)11-26-16-6-4-5-14(9-16)20(24)22-15-7-8-19(25-3)18(21)10-15/h4-10H,11H2,1-3H3,(H,22,24). The van der Waals surface area contributed by atoms with Crippen LogP contribution in [0.1, 0.15) is 27.4 Å². The SMILES string of the molecule is COc1ccc(NC(=O)c2cccc(OCc3c(C)noc3C)c2)cc1Cl. The van der Waals surface area contributed by atoms with E-state index in [0.29, 0.717) is 34.4 Å². The molecule has 2 aromatic carbocycles. The summed E-state index contributed by atoms with van der Waals surface area (Å²) in [5.74, 6) is 1.58. The zero-order chi connectivity index (χ0) is 19.4. The molecule has 0 atom stereocenters. The van der Waals surface area contributed by atoms with E-state index >= 15 is 0 Å². The monoisotopic (exact) mass is 386 g/mol. The Hall–Kier alpha value is -2.99. The lowest BCUT2D eigenvalue weighted by atomic mass is 10.2. The van der Waals surface area contributed by atoms with Gasteiger partial charge in [0, 0.05) is 11.3 Å². The second-order valence-electron chi connectivity index (χ2n) is 5.92. The number of methoxy groups -OCH3 is 1. The van der Waals surface area contributed by atoms with Gasteiger partial charge in [0.2, 0.25) is 0 Å². The number of carbonyl (C=O) groups excluding carboxylic acids is 1. The molecule has 0 unspecified atom stereocenters. The predicted molar refractivity (Wildman–Crippen MR) is 103 cm³/mol. The van der Waals surface area contributed by atoms with Gasteiger partial charge in [0.25, 0.3) is 5.91 Å². The highest BCUT2D eigenvalue weighted by molar-refractivity contribution is 6.32. The highest BCUT2D eigenvalue weighted by Crippen LogP contribution is 2.27. The quantitative estimate of drug-likeness (QED) is 0.659. The minimum Gasteiger partial charge on any atom is -0.495 e. The molecule has 140 valence electrons. The molecule has 1 aromatic heterocycles. The Labute approximate surface area is 162 Å². The number of nitrogens with one attached hydrogen (secondary N) is 1. The summed E-state index contributed by atoms with van der Waals surface area (Å²) in [4.78, 5) is 12.5. The first-order chi connectivity index (χ1) is 13.0. The van der Waals surface area contributed by atoms with Crippen LogP contribution in [0, 0.1) is 13.8 Å². The second-order valence-corrected chi connectivity index (χ2v) is 6.33. The average molecular weight is 387 g/mol. The molecular formula is C20H19ClN2O4. The first-order valence-electron chi connectivity index (χ1n) is 8.27. The number of ether oxygens (including phenoxy) is 2. The minimum atomic E-state index is -0.265. The number of aryl methyl sites for hydroxylation is 2. The Morgan fingerprint density at radius 2 is 2.04 bits per heavy atom. The van der Waals surface area contributed by atoms with E-state index in [1.54, 1.807) is 42.5 Å². The Kier molecular flexibility index (Phi) is 5.66. The number of hydrogen-bond acceptors (Lipinski definition) is 5. The van der Waals surface area contributed by atoms with Crippen molar-refractivity contribution in [2.75, 3.05) is 12.4 Å². The molecule has 0 saturated heterocycles. The van der Waals surface area contributed by atoms with Crippen LogP contribution in [0.4, 0.5) is 5.69 Å². The molecular weight excluding hydrogens is 368 g/mol. The smallest absolute Gasteiger partial charge is 0.255 e. The van der Waals surface area contributed by atoms with Crippen molar-refractivity contribution < 1.29 is 18.8 Å². The van der Waals surface area contributed by atoms with Crippen LogP contribution in [0.15, 0.2) is 47.0 Å². The van der Waals surface area contributed by atoms with Gasteiger partial charge in [-0.25, -0.2) is 0 Å². The van der Waals surface area contributed by atoms with Crippen LogP contribution >= 0.6 is 11.6 Å². The maximum atomic E-state index is 12.5. The van der Waals surface area contributed by atoms with Crippen molar-refractivity contribution in [3.8, 4) is 11.5 Å². The molecule has 3 aromatic rings. The Balaban J connectivity index is 1.69. The Morgan fingerprint density at radius 1 is 1.22 bits per heavy atom. The summed E-state index contributed by atoms with van der Waals surface area (Å²) in [5.41, 5.74) is 2.74. The van der Waals surface area contributed by atoms with E-state index in [1.807, 2.05) is 13.8 Å². The third kappa shape index (κ3) is 4.41.